The number of nitrogens with zero attached hydrogens (tertiary/aromatic N) is 1. The van der Waals surface area contributed by atoms with Gasteiger partial charge in [-0.05, 0) is 48.7 Å². The number of nitrogens with one attached hydrogen (secondary N) is 1. The van der Waals surface area contributed by atoms with Gasteiger partial charge in [-0.25, -0.2) is 4.98 Å². The van der Waals surface area contributed by atoms with Gasteiger partial charge in [0.2, 0.25) is 5.88 Å². The molecule has 1 heterocycles. The minimum atomic E-state index is -1.05. The van der Waals surface area contributed by atoms with E-state index in [1.807, 2.05) is 42.5 Å². The average molecular weight is 376 g/mol. The number of pyridine rings is 1. The maximum Gasteiger partial charge on any atom is 0.268 e. The second kappa shape index (κ2) is 8.67. The number of ether oxygens (including phenoxy) is 2. The Kier molecular flexibility index (Phi) is 6.06. The van der Waals surface area contributed by atoms with Crippen LogP contribution in [-0.2, 0) is 16.1 Å². The van der Waals surface area contributed by atoms with Crippen LogP contribution in [0.5, 0.6) is 5.88 Å². The van der Waals surface area contributed by atoms with Gasteiger partial charge in [0.25, 0.3) is 5.91 Å². The number of rotatable bonds is 7. The van der Waals surface area contributed by atoms with E-state index in [-0.39, 0.29) is 5.91 Å². The molecule has 1 aromatic heterocycles. The first-order valence-electron chi connectivity index (χ1n) is 9.08. The smallest absolute Gasteiger partial charge is 0.268 e. The second-order valence-electron chi connectivity index (χ2n) is 6.94. The molecule has 144 valence electrons. The van der Waals surface area contributed by atoms with Crippen molar-refractivity contribution in [3.8, 4) is 17.0 Å². The molecule has 1 amide bonds. The Morgan fingerprint density at radius 3 is 2.18 bits per heavy atom. The molecule has 2 aromatic carbocycles. The Bertz CT molecular complexity index is 905. The predicted octanol–water partition coefficient (Wildman–Crippen LogP) is 4.69. The van der Waals surface area contributed by atoms with Gasteiger partial charge in [0, 0.05) is 25.1 Å². The van der Waals surface area contributed by atoms with Gasteiger partial charge in [0.1, 0.15) is 0 Å². The van der Waals surface area contributed by atoms with Crippen molar-refractivity contribution in [2.75, 3.05) is 12.4 Å². The zero-order chi connectivity index (χ0) is 20.0. The first-order chi connectivity index (χ1) is 13.5. The molecule has 1 N–H and O–H groups in total. The Labute approximate surface area is 165 Å². The molecule has 0 fully saturated rings. The molecular weight excluding hydrogens is 352 g/mol. The fraction of sp³-hybridized carbons (Fsp3) is 0.217. The first-order valence-corrected chi connectivity index (χ1v) is 9.08. The lowest BCUT2D eigenvalue weighted by Gasteiger charge is -2.24. The lowest BCUT2D eigenvalue weighted by atomic mass is 10.0. The minimum absolute atomic E-state index is 0.241. The summed E-state index contributed by atoms with van der Waals surface area (Å²) in [6.45, 7) is 4.03. The number of hydrogen-bond donors (Lipinski definition) is 1. The number of aromatic nitrogens is 1. The third-order valence-electron chi connectivity index (χ3n) is 4.29. The molecule has 3 rings (SSSR count). The number of carbonyl (C=O) groups excluding carboxylic acids is 1. The van der Waals surface area contributed by atoms with E-state index in [2.05, 4.69) is 22.4 Å². The van der Waals surface area contributed by atoms with Crippen LogP contribution < -0.4 is 10.1 Å². The highest BCUT2D eigenvalue weighted by molar-refractivity contribution is 5.97. The van der Waals surface area contributed by atoms with Gasteiger partial charge < -0.3 is 14.8 Å². The fourth-order valence-electron chi connectivity index (χ4n) is 2.70. The van der Waals surface area contributed by atoms with Crippen molar-refractivity contribution >= 4 is 11.6 Å². The summed E-state index contributed by atoms with van der Waals surface area (Å²) in [5.74, 6) is 0.171. The van der Waals surface area contributed by atoms with Crippen LogP contribution in [0.25, 0.3) is 11.1 Å². The molecule has 5 heteroatoms. The number of benzene rings is 2. The highest BCUT2D eigenvalue weighted by atomic mass is 16.5. The van der Waals surface area contributed by atoms with Gasteiger partial charge in [-0.2, -0.15) is 0 Å². The summed E-state index contributed by atoms with van der Waals surface area (Å²) in [6, 6.07) is 21.3. The first kappa shape index (κ1) is 19.6. The molecule has 0 aliphatic heterocycles. The zero-order valence-corrected chi connectivity index (χ0v) is 16.3. The van der Waals surface area contributed by atoms with E-state index < -0.39 is 5.60 Å². The molecule has 0 radical (unpaired) electrons. The summed E-state index contributed by atoms with van der Waals surface area (Å²) in [5, 5.41) is 2.90. The number of amides is 1. The lowest BCUT2D eigenvalue weighted by molar-refractivity contribution is -0.128. The van der Waals surface area contributed by atoms with Crippen molar-refractivity contribution in [3.63, 3.8) is 0 Å². The van der Waals surface area contributed by atoms with Gasteiger partial charge in [-0.1, -0.05) is 42.5 Å². The van der Waals surface area contributed by atoms with Crippen LogP contribution in [0.1, 0.15) is 19.4 Å². The molecule has 0 atom stereocenters. The monoisotopic (exact) mass is 376 g/mol. The normalized spacial score (nSPS) is 11.1. The number of methoxy groups -OCH3 is 1. The summed E-state index contributed by atoms with van der Waals surface area (Å²) in [5.41, 5.74) is 2.97. The molecular formula is C23H24N2O3. The van der Waals surface area contributed by atoms with Gasteiger partial charge >= 0.3 is 0 Å². The summed E-state index contributed by atoms with van der Waals surface area (Å²) >= 11 is 0. The third-order valence-corrected chi connectivity index (χ3v) is 4.29. The van der Waals surface area contributed by atoms with E-state index in [1.54, 1.807) is 39.3 Å². The van der Waals surface area contributed by atoms with Gasteiger partial charge in [0.05, 0.1) is 6.61 Å². The van der Waals surface area contributed by atoms with Crippen LogP contribution in [0.15, 0.2) is 72.9 Å². The minimum Gasteiger partial charge on any atom is -0.462 e. The highest BCUT2D eigenvalue weighted by Gasteiger charge is 2.30. The zero-order valence-electron chi connectivity index (χ0n) is 16.3. The van der Waals surface area contributed by atoms with Crippen LogP contribution in [0, 0.1) is 0 Å². The molecule has 0 aliphatic rings. The van der Waals surface area contributed by atoms with Crippen LogP contribution in [0.4, 0.5) is 5.69 Å². The summed E-state index contributed by atoms with van der Waals surface area (Å²) in [4.78, 5) is 16.7. The fourth-order valence-corrected chi connectivity index (χ4v) is 2.70. The highest BCUT2D eigenvalue weighted by Crippen LogP contribution is 2.23. The Hall–Kier alpha value is -3.18. The molecule has 0 saturated carbocycles. The maximum atomic E-state index is 12.6. The van der Waals surface area contributed by atoms with Gasteiger partial charge in [0.15, 0.2) is 5.60 Å². The quantitative estimate of drug-likeness (QED) is 0.650. The van der Waals surface area contributed by atoms with Crippen LogP contribution in [0.3, 0.4) is 0 Å². The summed E-state index contributed by atoms with van der Waals surface area (Å²) in [6.07, 6.45) is 1.63. The average Bonchev–Trinajstić information content (AvgIpc) is 2.70. The van der Waals surface area contributed by atoms with E-state index in [0.717, 1.165) is 16.7 Å². The predicted molar refractivity (Wildman–Crippen MR) is 110 cm³/mol. The van der Waals surface area contributed by atoms with E-state index in [9.17, 15) is 4.79 Å². The topological polar surface area (TPSA) is 60.5 Å². The van der Waals surface area contributed by atoms with Crippen molar-refractivity contribution in [1.82, 2.24) is 4.98 Å². The Morgan fingerprint density at radius 2 is 1.61 bits per heavy atom. The number of anilines is 1. The number of hydrogen-bond acceptors (Lipinski definition) is 4. The van der Waals surface area contributed by atoms with Crippen LogP contribution in [-0.4, -0.2) is 23.6 Å². The van der Waals surface area contributed by atoms with Crippen molar-refractivity contribution < 1.29 is 14.3 Å². The van der Waals surface area contributed by atoms with Crippen molar-refractivity contribution in [3.05, 3.63) is 78.5 Å². The molecule has 0 spiro atoms. The standard InChI is InChI=1S/C23H24N2O3/c1-23(2,28-21-6-4-5-15-24-21)22(26)25-20-13-11-19(12-14-20)18-9-7-17(8-10-18)16-27-3/h4-15H,16H2,1-3H3,(H,25,26). The molecule has 0 saturated heterocycles. The van der Waals surface area contributed by atoms with E-state index in [4.69, 9.17) is 9.47 Å². The molecule has 0 bridgehead atoms. The molecule has 0 aliphatic carbocycles. The lowest BCUT2D eigenvalue weighted by Crippen LogP contribution is -2.42. The Balaban J connectivity index is 1.65. The van der Waals surface area contributed by atoms with Crippen molar-refractivity contribution in [2.45, 2.75) is 26.1 Å². The van der Waals surface area contributed by atoms with Gasteiger partial charge in [-0.3, -0.25) is 4.79 Å². The molecule has 28 heavy (non-hydrogen) atoms. The summed E-state index contributed by atoms with van der Waals surface area (Å²) in [7, 11) is 1.68. The summed E-state index contributed by atoms with van der Waals surface area (Å²) < 4.78 is 10.9. The Morgan fingerprint density at radius 1 is 0.964 bits per heavy atom. The molecule has 0 unspecified atom stereocenters. The largest absolute Gasteiger partial charge is 0.462 e. The maximum absolute atomic E-state index is 12.6. The second-order valence-corrected chi connectivity index (χ2v) is 6.94. The van der Waals surface area contributed by atoms with Crippen LogP contribution in [0.2, 0.25) is 0 Å². The van der Waals surface area contributed by atoms with Gasteiger partial charge in [-0.15, -0.1) is 0 Å². The SMILES string of the molecule is COCc1ccc(-c2ccc(NC(=O)C(C)(C)Oc3ccccn3)cc2)cc1. The molecule has 5 nitrogen and oxygen atoms in total. The van der Waals surface area contributed by atoms with Crippen LogP contribution >= 0.6 is 0 Å². The third kappa shape index (κ3) is 4.96. The van der Waals surface area contributed by atoms with E-state index >= 15 is 0 Å². The van der Waals surface area contributed by atoms with Crippen molar-refractivity contribution in [2.24, 2.45) is 0 Å². The van der Waals surface area contributed by atoms with E-state index in [0.29, 0.717) is 18.2 Å². The van der Waals surface area contributed by atoms with E-state index in [1.165, 1.54) is 0 Å². The number of carbonyl (C=O) groups is 1. The van der Waals surface area contributed by atoms with Crippen molar-refractivity contribution in [1.29, 1.82) is 0 Å². The molecule has 3 aromatic rings.